The van der Waals surface area contributed by atoms with Crippen molar-refractivity contribution >= 4 is 11.8 Å². The molecule has 0 aliphatic rings. The molecular weight excluding hydrogens is 154 g/mol. The molecule has 0 spiro atoms. The highest BCUT2D eigenvalue weighted by molar-refractivity contribution is 7.99. The van der Waals surface area contributed by atoms with Crippen LogP contribution >= 0.6 is 11.8 Å². The van der Waals surface area contributed by atoms with Crippen molar-refractivity contribution in [2.45, 2.75) is 38.9 Å². The van der Waals surface area contributed by atoms with Crippen LogP contribution in [0.3, 0.4) is 0 Å². The van der Waals surface area contributed by atoms with Crippen molar-refractivity contribution in [3.63, 3.8) is 0 Å². The first kappa shape index (κ1) is 10.8. The van der Waals surface area contributed by atoms with Gasteiger partial charge in [0.05, 0.1) is 11.5 Å². The third-order valence-corrected chi connectivity index (χ3v) is 2.97. The Kier molecular flexibility index (Phi) is 3.44. The monoisotopic (exact) mass is 171 g/mol. The van der Waals surface area contributed by atoms with E-state index in [-0.39, 0.29) is 10.2 Å². The van der Waals surface area contributed by atoms with E-state index in [0.29, 0.717) is 0 Å². The summed E-state index contributed by atoms with van der Waals surface area (Å²) >= 11 is 1.82. The predicted molar refractivity (Wildman–Crippen MR) is 51.6 cm³/mol. The zero-order chi connectivity index (χ0) is 9.12. The van der Waals surface area contributed by atoms with Crippen LogP contribution in [0.1, 0.15) is 34.1 Å². The zero-order valence-electron chi connectivity index (χ0n) is 8.06. The van der Waals surface area contributed by atoms with E-state index in [1.54, 1.807) is 0 Å². The summed E-state index contributed by atoms with van der Waals surface area (Å²) in [6.45, 7) is 8.34. The molecular formula is C9H17NS. The molecule has 11 heavy (non-hydrogen) atoms. The lowest BCUT2D eigenvalue weighted by Gasteiger charge is -2.28. The Morgan fingerprint density at radius 2 is 1.73 bits per heavy atom. The van der Waals surface area contributed by atoms with Crippen molar-refractivity contribution in [2.24, 2.45) is 5.41 Å². The quantitative estimate of drug-likeness (QED) is 0.651. The minimum Gasteiger partial charge on any atom is -0.198 e. The van der Waals surface area contributed by atoms with Crippen molar-refractivity contribution in [1.82, 2.24) is 0 Å². The van der Waals surface area contributed by atoms with Crippen molar-refractivity contribution in [3.8, 4) is 6.07 Å². The number of thioether (sulfide) groups is 1. The molecule has 0 rings (SSSR count). The normalized spacial score (nSPS) is 12.7. The third-order valence-electron chi connectivity index (χ3n) is 1.72. The van der Waals surface area contributed by atoms with Gasteiger partial charge in [-0.15, -0.1) is 0 Å². The van der Waals surface area contributed by atoms with Crippen molar-refractivity contribution < 1.29 is 0 Å². The molecule has 0 aromatic heterocycles. The minimum absolute atomic E-state index is 0.188. The summed E-state index contributed by atoms with van der Waals surface area (Å²) in [7, 11) is 0. The van der Waals surface area contributed by atoms with E-state index in [9.17, 15) is 0 Å². The second-order valence-corrected chi connectivity index (χ2v) is 5.65. The zero-order valence-corrected chi connectivity index (χ0v) is 8.88. The molecule has 0 N–H and O–H groups in total. The molecule has 0 heterocycles. The molecule has 0 unspecified atom stereocenters. The van der Waals surface area contributed by atoms with Crippen LogP contribution in [0.5, 0.6) is 0 Å². The Morgan fingerprint density at radius 1 is 1.27 bits per heavy atom. The summed E-state index contributed by atoms with van der Waals surface area (Å²) in [4.78, 5) is 0. The van der Waals surface area contributed by atoms with Gasteiger partial charge in [0.1, 0.15) is 0 Å². The van der Waals surface area contributed by atoms with Crippen LogP contribution in [0, 0.1) is 16.7 Å². The van der Waals surface area contributed by atoms with E-state index in [2.05, 4.69) is 26.2 Å². The lowest BCUT2D eigenvalue weighted by Crippen LogP contribution is -2.24. The molecule has 0 aromatic carbocycles. The van der Waals surface area contributed by atoms with Crippen molar-refractivity contribution in [1.29, 1.82) is 5.26 Å². The molecule has 0 aromatic rings. The van der Waals surface area contributed by atoms with Crippen LogP contribution in [-0.4, -0.2) is 11.0 Å². The van der Waals surface area contributed by atoms with Gasteiger partial charge in [-0.05, 0) is 26.5 Å². The molecule has 0 radical (unpaired) electrons. The van der Waals surface area contributed by atoms with Crippen LogP contribution in [0.25, 0.3) is 0 Å². The number of hydrogen-bond acceptors (Lipinski definition) is 2. The first-order chi connectivity index (χ1) is 4.83. The Hall–Kier alpha value is -0.160. The number of hydrogen-bond donors (Lipinski definition) is 0. The topological polar surface area (TPSA) is 23.8 Å². The van der Waals surface area contributed by atoms with E-state index in [0.717, 1.165) is 6.42 Å². The Bertz CT molecular complexity index is 165. The fourth-order valence-electron chi connectivity index (χ4n) is 1.18. The second kappa shape index (κ2) is 3.49. The van der Waals surface area contributed by atoms with Gasteiger partial charge in [0, 0.05) is 4.75 Å². The van der Waals surface area contributed by atoms with E-state index < -0.39 is 0 Å². The summed E-state index contributed by atoms with van der Waals surface area (Å²) in [5, 5.41) is 8.79. The maximum atomic E-state index is 8.79. The number of rotatable bonds is 3. The first-order valence-corrected chi connectivity index (χ1v) is 5.02. The molecule has 64 valence electrons. The minimum atomic E-state index is -0.188. The standard InChI is InChI=1S/C9H17NS/c1-8(2,7-10)6-9(3,4)11-5/h6H2,1-5H3. The average Bonchev–Trinajstić information content (AvgIpc) is 1.86. The Balaban J connectivity index is 4.16. The number of nitrogens with zero attached hydrogens (tertiary/aromatic N) is 1. The van der Waals surface area contributed by atoms with E-state index in [4.69, 9.17) is 5.26 Å². The summed E-state index contributed by atoms with van der Waals surface area (Å²) in [6, 6.07) is 2.32. The number of nitriles is 1. The average molecular weight is 171 g/mol. The highest BCUT2D eigenvalue weighted by atomic mass is 32.2. The van der Waals surface area contributed by atoms with Gasteiger partial charge in [-0.3, -0.25) is 0 Å². The molecule has 0 fully saturated rings. The van der Waals surface area contributed by atoms with Gasteiger partial charge in [-0.25, -0.2) is 0 Å². The van der Waals surface area contributed by atoms with Gasteiger partial charge in [-0.2, -0.15) is 17.0 Å². The Labute approximate surface area is 74.2 Å². The van der Waals surface area contributed by atoms with Crippen LogP contribution < -0.4 is 0 Å². The maximum absolute atomic E-state index is 8.79. The highest BCUT2D eigenvalue weighted by Crippen LogP contribution is 2.34. The lowest BCUT2D eigenvalue weighted by atomic mass is 9.85. The lowest BCUT2D eigenvalue weighted by molar-refractivity contribution is 0.401. The molecule has 0 aliphatic heterocycles. The molecule has 0 amide bonds. The second-order valence-electron chi connectivity index (χ2n) is 4.14. The SMILES string of the molecule is CSC(C)(C)CC(C)(C)C#N. The molecule has 0 aliphatic carbocycles. The summed E-state index contributed by atoms with van der Waals surface area (Å²) < 4.78 is 0.221. The van der Waals surface area contributed by atoms with Gasteiger partial charge < -0.3 is 0 Å². The van der Waals surface area contributed by atoms with Crippen LogP contribution in [0.15, 0.2) is 0 Å². The molecule has 0 saturated carbocycles. The van der Waals surface area contributed by atoms with Gasteiger partial charge in [0.15, 0.2) is 0 Å². The Morgan fingerprint density at radius 3 is 2.00 bits per heavy atom. The van der Waals surface area contributed by atoms with Crippen LogP contribution in [0.2, 0.25) is 0 Å². The first-order valence-electron chi connectivity index (χ1n) is 3.79. The maximum Gasteiger partial charge on any atom is 0.0684 e. The van der Waals surface area contributed by atoms with Crippen molar-refractivity contribution in [2.75, 3.05) is 6.26 Å². The van der Waals surface area contributed by atoms with Crippen LogP contribution in [-0.2, 0) is 0 Å². The summed E-state index contributed by atoms with van der Waals surface area (Å²) in [5.41, 5.74) is -0.188. The van der Waals surface area contributed by atoms with Gasteiger partial charge in [-0.1, -0.05) is 13.8 Å². The van der Waals surface area contributed by atoms with Crippen LogP contribution in [0.4, 0.5) is 0 Å². The van der Waals surface area contributed by atoms with E-state index in [1.165, 1.54) is 0 Å². The molecule has 0 saturated heterocycles. The molecule has 1 nitrogen and oxygen atoms in total. The van der Waals surface area contributed by atoms with E-state index >= 15 is 0 Å². The molecule has 2 heteroatoms. The molecule has 0 bridgehead atoms. The summed E-state index contributed by atoms with van der Waals surface area (Å²) in [5.74, 6) is 0. The van der Waals surface area contributed by atoms with Gasteiger partial charge in [0.2, 0.25) is 0 Å². The van der Waals surface area contributed by atoms with E-state index in [1.807, 2.05) is 25.6 Å². The predicted octanol–water partition coefficient (Wildman–Crippen LogP) is 3.07. The fraction of sp³-hybridized carbons (Fsp3) is 0.889. The molecule has 0 atom stereocenters. The fourth-order valence-corrected chi connectivity index (χ4v) is 1.68. The van der Waals surface area contributed by atoms with Gasteiger partial charge in [0.25, 0.3) is 0 Å². The van der Waals surface area contributed by atoms with Gasteiger partial charge >= 0.3 is 0 Å². The largest absolute Gasteiger partial charge is 0.198 e. The third kappa shape index (κ3) is 4.31. The summed E-state index contributed by atoms with van der Waals surface area (Å²) in [6.07, 6.45) is 3.03. The smallest absolute Gasteiger partial charge is 0.0684 e. The van der Waals surface area contributed by atoms with Crippen molar-refractivity contribution in [3.05, 3.63) is 0 Å². The highest BCUT2D eigenvalue weighted by Gasteiger charge is 2.27.